The Labute approximate surface area is 431 Å². The molecule has 0 bridgehead atoms. The van der Waals surface area contributed by atoms with Gasteiger partial charge >= 0.3 is 435 Å². The Bertz CT molecular complexity index is 4430. The summed E-state index contributed by atoms with van der Waals surface area (Å²) in [6.07, 6.45) is 3.72. The number of para-hydroxylation sites is 4. The minimum absolute atomic E-state index is 0.157. The van der Waals surface area contributed by atoms with E-state index >= 15 is 0 Å². The Kier molecular flexibility index (Phi) is 10.0. The van der Waals surface area contributed by atoms with Crippen molar-refractivity contribution in [2.45, 2.75) is 0 Å². The fourth-order valence-electron chi connectivity index (χ4n) is 11.0. The number of hydrogen-bond donors (Lipinski definition) is 0. The molecule has 6 nitrogen and oxygen atoms in total. The van der Waals surface area contributed by atoms with Gasteiger partial charge in [-0.15, -0.1) is 0 Å². The molecule has 2 aliphatic carbocycles. The van der Waals surface area contributed by atoms with E-state index in [1.165, 1.54) is 51.0 Å². The molecule has 0 N–H and O–H groups in total. The summed E-state index contributed by atoms with van der Waals surface area (Å²) in [4.78, 5) is 54.1. The Hall–Kier alpha value is -7.94. The van der Waals surface area contributed by atoms with Crippen LogP contribution in [-0.2, 0) is 0 Å². The molecule has 0 radical (unpaired) electrons. The van der Waals surface area contributed by atoms with Gasteiger partial charge in [-0.1, -0.05) is 0 Å². The number of aromatic nitrogens is 2. The number of ketones is 4. The first-order chi connectivity index (χ1) is 35.4. The summed E-state index contributed by atoms with van der Waals surface area (Å²) in [5.41, 5.74) is 7.48. The average Bonchev–Trinajstić information content (AvgIpc) is 4.29. The molecule has 0 amide bonds. The van der Waals surface area contributed by atoms with Gasteiger partial charge < -0.3 is 0 Å². The first-order valence-corrected chi connectivity index (χ1v) is 28.3. The molecule has 0 saturated carbocycles. The zero-order valence-corrected chi connectivity index (χ0v) is 42.8. The molecule has 0 unspecified atom stereocenters. The SMILES string of the molecule is O=C1/C(=C\c2ccc(-n3c4ccccc4c4ccccc43)[te]2)C(=O)c2c1ccc1ccccc21.O=C1C(=Cc2ccc(-n3c4ccccc4c4ccccc43)[te]2)C(=O)c2c1c1ccccc1c1ccccc21. The van der Waals surface area contributed by atoms with Crippen LogP contribution in [0.15, 0.2) is 217 Å². The molecule has 4 heterocycles. The minimum atomic E-state index is -0.817. The zero-order valence-electron chi connectivity index (χ0n) is 38.1. The van der Waals surface area contributed by atoms with Crippen molar-refractivity contribution in [1.29, 1.82) is 0 Å². The van der Waals surface area contributed by atoms with Crippen molar-refractivity contribution in [2.24, 2.45) is 0 Å². The van der Waals surface area contributed by atoms with Gasteiger partial charge in [0, 0.05) is 0 Å². The number of Topliss-reactive ketones (excluding diaryl/α,β-unsaturated/α-hetero) is 4. The van der Waals surface area contributed by atoms with Crippen LogP contribution < -0.4 is 0 Å². The van der Waals surface area contributed by atoms with Gasteiger partial charge in [0.15, 0.2) is 0 Å². The van der Waals surface area contributed by atoms with Crippen molar-refractivity contribution >= 4 is 152 Å². The van der Waals surface area contributed by atoms with E-state index in [1.807, 2.05) is 91.0 Å². The standard InChI is InChI=1S/C34H19NO2Te.C30H17NO2Te/c36-33-27(34(37)32-26-14-4-2-10-22(26)21-9-1-3-13-25(21)31(32)33)19-20-17-18-30(38-20)35-28-15-7-5-11-23(28)24-12-6-8-16-29(24)35;32-29-23-15-13-18-7-1-2-8-20(18)28(23)30(33)24(29)17-19-14-16-27(34-19)31-25-11-5-3-9-21(25)22-10-4-6-12-26(22)31/h1-19H;1-17H/b;24-17+. The second kappa shape index (κ2) is 16.8. The van der Waals surface area contributed by atoms with Crippen molar-refractivity contribution < 1.29 is 19.2 Å². The first-order valence-electron chi connectivity index (χ1n) is 23.7. The van der Waals surface area contributed by atoms with E-state index in [4.69, 9.17) is 0 Å². The number of benzene rings is 9. The molecule has 0 aliphatic heterocycles. The van der Waals surface area contributed by atoms with Gasteiger partial charge in [-0.05, 0) is 0 Å². The third-order valence-corrected chi connectivity index (χ3v) is 20.0. The van der Waals surface area contributed by atoms with Crippen LogP contribution in [-0.4, -0.2) is 73.1 Å². The van der Waals surface area contributed by atoms with Crippen LogP contribution in [0.1, 0.15) is 48.6 Å². The maximum absolute atomic E-state index is 13.8. The normalized spacial score (nSPS) is 13.9. The van der Waals surface area contributed by atoms with Crippen LogP contribution in [0.2, 0.25) is 0 Å². The number of nitrogens with zero attached hydrogens (tertiary/aromatic N) is 2. The van der Waals surface area contributed by atoms with E-state index in [0.717, 1.165) is 39.5 Å². The molecular weight excluding hydrogens is 1120 g/mol. The van der Waals surface area contributed by atoms with E-state index in [-0.39, 0.29) is 28.7 Å². The quantitative estimate of drug-likeness (QED) is 0.0761. The molecule has 338 valence electrons. The van der Waals surface area contributed by atoms with Crippen molar-refractivity contribution in [3.05, 3.63) is 247 Å². The monoisotopic (exact) mass is 1160 g/mol. The van der Waals surface area contributed by atoms with E-state index in [0.29, 0.717) is 27.8 Å². The third kappa shape index (κ3) is 6.54. The number of carbonyl (C=O) groups excluding carboxylic acids is 4. The second-order valence-corrected chi connectivity index (χ2v) is 24.3. The summed E-state index contributed by atoms with van der Waals surface area (Å²) in [5.74, 6) is -0.642. The first kappa shape index (κ1) is 42.9. The number of carbonyl (C=O) groups is 4. The summed E-state index contributed by atoms with van der Waals surface area (Å²) in [5, 5.41) is 10.5. The van der Waals surface area contributed by atoms with Crippen LogP contribution in [0, 0.1) is 0 Å². The molecule has 13 aromatic rings. The number of fused-ring (bicyclic) bond motifs is 15. The van der Waals surface area contributed by atoms with Crippen LogP contribution in [0.4, 0.5) is 0 Å². The molecule has 2 aliphatic rings. The molecule has 15 rings (SSSR count). The maximum atomic E-state index is 13.8. The molecule has 8 heteroatoms. The Morgan fingerprint density at radius 2 is 0.639 bits per heavy atom. The summed E-state index contributed by atoms with van der Waals surface area (Å²) in [6, 6.07) is 69.7. The van der Waals surface area contributed by atoms with Gasteiger partial charge in [-0.2, -0.15) is 0 Å². The van der Waals surface area contributed by atoms with Crippen LogP contribution in [0.3, 0.4) is 0 Å². The summed E-state index contributed by atoms with van der Waals surface area (Å²) in [7, 11) is 0. The predicted octanol–water partition coefficient (Wildman–Crippen LogP) is 14.1. The molecule has 0 saturated heterocycles. The van der Waals surface area contributed by atoms with Gasteiger partial charge in [0.25, 0.3) is 0 Å². The van der Waals surface area contributed by atoms with E-state index < -0.39 is 40.9 Å². The van der Waals surface area contributed by atoms with Gasteiger partial charge in [-0.25, -0.2) is 0 Å². The Morgan fingerprint density at radius 3 is 1.08 bits per heavy atom. The third-order valence-electron chi connectivity index (χ3n) is 14.2. The molecule has 4 aromatic heterocycles. The fourth-order valence-corrected chi connectivity index (χ4v) is 16.6. The molecule has 9 aromatic carbocycles. The molecule has 0 fully saturated rings. The zero-order chi connectivity index (χ0) is 48.2. The van der Waals surface area contributed by atoms with Crippen LogP contribution in [0.5, 0.6) is 0 Å². The van der Waals surface area contributed by atoms with E-state index in [1.54, 1.807) is 6.07 Å². The predicted molar refractivity (Wildman–Crippen MR) is 294 cm³/mol. The van der Waals surface area contributed by atoms with Crippen molar-refractivity contribution in [1.82, 2.24) is 9.13 Å². The topological polar surface area (TPSA) is 78.1 Å². The Balaban J connectivity index is 0.000000135. The van der Waals surface area contributed by atoms with Crippen LogP contribution >= 0.6 is 0 Å². The summed E-state index contributed by atoms with van der Waals surface area (Å²) < 4.78 is 9.39. The van der Waals surface area contributed by atoms with Crippen molar-refractivity contribution in [3.8, 4) is 7.41 Å². The Morgan fingerprint density at radius 1 is 0.292 bits per heavy atom. The van der Waals surface area contributed by atoms with Crippen molar-refractivity contribution in [3.63, 3.8) is 0 Å². The second-order valence-electron chi connectivity index (χ2n) is 18.1. The number of allylic oxidation sites excluding steroid dienone is 2. The molecular formula is C64H36N2O4Te2. The van der Waals surface area contributed by atoms with E-state index in [9.17, 15) is 19.2 Å². The van der Waals surface area contributed by atoms with Gasteiger partial charge in [0.1, 0.15) is 0 Å². The number of hydrogen-bond acceptors (Lipinski definition) is 4. The van der Waals surface area contributed by atoms with Crippen molar-refractivity contribution in [2.75, 3.05) is 0 Å². The fraction of sp³-hybridized carbons (Fsp3) is 0. The molecule has 0 atom stereocenters. The number of rotatable bonds is 4. The van der Waals surface area contributed by atoms with Gasteiger partial charge in [0.2, 0.25) is 0 Å². The van der Waals surface area contributed by atoms with Crippen LogP contribution in [0.25, 0.3) is 95.5 Å². The van der Waals surface area contributed by atoms with E-state index in [2.05, 4.69) is 130 Å². The molecule has 0 spiro atoms. The molecule has 72 heavy (non-hydrogen) atoms. The summed E-state index contributed by atoms with van der Waals surface area (Å²) >= 11 is -1.59. The average molecular weight is 1150 g/mol. The van der Waals surface area contributed by atoms with Gasteiger partial charge in [0.05, 0.1) is 0 Å². The van der Waals surface area contributed by atoms with Gasteiger partial charge in [-0.3, -0.25) is 0 Å². The summed E-state index contributed by atoms with van der Waals surface area (Å²) in [6.45, 7) is 0.